The van der Waals surface area contributed by atoms with Gasteiger partial charge >= 0.3 is 0 Å². The Balaban J connectivity index is 0.00000225. The van der Waals surface area contributed by atoms with E-state index in [9.17, 15) is 4.79 Å². The molecule has 2 unspecified atom stereocenters. The maximum atomic E-state index is 13.3. The van der Waals surface area contributed by atoms with Crippen LogP contribution in [-0.4, -0.2) is 50.2 Å². The molecule has 1 N–H and O–H groups in total. The lowest BCUT2D eigenvalue weighted by atomic mass is 9.78. The van der Waals surface area contributed by atoms with Gasteiger partial charge in [-0.05, 0) is 57.2 Å². The molecule has 3 rings (SSSR count). The molecule has 140 valence electrons. The van der Waals surface area contributed by atoms with Gasteiger partial charge in [0.25, 0.3) is 0 Å². The molecule has 0 saturated carbocycles. The second kappa shape index (κ2) is 9.02. The first kappa shape index (κ1) is 20.2. The van der Waals surface area contributed by atoms with Gasteiger partial charge < -0.3 is 15.0 Å². The van der Waals surface area contributed by atoms with E-state index in [1.807, 2.05) is 0 Å². The van der Waals surface area contributed by atoms with Gasteiger partial charge in [0.15, 0.2) is 0 Å². The predicted molar refractivity (Wildman–Crippen MR) is 103 cm³/mol. The lowest BCUT2D eigenvalue weighted by molar-refractivity contribution is -0.148. The zero-order valence-corrected chi connectivity index (χ0v) is 16.2. The van der Waals surface area contributed by atoms with Crippen molar-refractivity contribution in [3.05, 3.63) is 35.9 Å². The Kier molecular flexibility index (Phi) is 7.29. The van der Waals surface area contributed by atoms with Crippen LogP contribution in [0.1, 0.15) is 31.7 Å². The average molecular weight is 367 g/mol. The van der Waals surface area contributed by atoms with Crippen molar-refractivity contribution < 1.29 is 9.53 Å². The van der Waals surface area contributed by atoms with Crippen LogP contribution in [0.15, 0.2) is 30.3 Å². The van der Waals surface area contributed by atoms with Crippen LogP contribution in [0.4, 0.5) is 0 Å². The molecule has 1 aromatic rings. The third-order valence-corrected chi connectivity index (χ3v) is 5.95. The van der Waals surface area contributed by atoms with Crippen molar-refractivity contribution in [3.63, 3.8) is 0 Å². The van der Waals surface area contributed by atoms with Crippen LogP contribution >= 0.6 is 12.4 Å². The first-order chi connectivity index (χ1) is 11.7. The molecule has 2 aliphatic heterocycles. The minimum Gasteiger partial charge on any atom is -0.384 e. The summed E-state index contributed by atoms with van der Waals surface area (Å²) in [4.78, 5) is 15.5. The third-order valence-electron chi connectivity index (χ3n) is 5.95. The maximum absolute atomic E-state index is 13.3. The Labute approximate surface area is 157 Å². The normalized spacial score (nSPS) is 25.4. The molecule has 0 aliphatic carbocycles. The van der Waals surface area contributed by atoms with E-state index < -0.39 is 0 Å². The van der Waals surface area contributed by atoms with Gasteiger partial charge in [-0.1, -0.05) is 30.3 Å². The number of likely N-dealkylation sites (tertiary alicyclic amines) is 1. The number of carbonyl (C=O) groups excluding carboxylic acids is 1. The number of piperidine rings is 1. The molecule has 5 heteroatoms. The predicted octanol–water partition coefficient (Wildman–Crippen LogP) is 2.90. The second-order valence-corrected chi connectivity index (χ2v) is 7.44. The zero-order chi connectivity index (χ0) is 17.0. The summed E-state index contributed by atoms with van der Waals surface area (Å²) in [6, 6.07) is 10.9. The Morgan fingerprint density at radius 2 is 1.96 bits per heavy atom. The van der Waals surface area contributed by atoms with Crippen molar-refractivity contribution in [3.8, 4) is 0 Å². The molecule has 2 saturated heterocycles. The number of amides is 1. The van der Waals surface area contributed by atoms with Crippen LogP contribution in [-0.2, 0) is 16.0 Å². The van der Waals surface area contributed by atoms with Gasteiger partial charge in [-0.3, -0.25) is 4.79 Å². The van der Waals surface area contributed by atoms with Crippen LogP contribution in [0.25, 0.3) is 0 Å². The van der Waals surface area contributed by atoms with Crippen molar-refractivity contribution in [2.75, 3.05) is 33.4 Å². The van der Waals surface area contributed by atoms with Gasteiger partial charge in [-0.2, -0.15) is 0 Å². The second-order valence-electron chi connectivity index (χ2n) is 7.44. The van der Waals surface area contributed by atoms with Gasteiger partial charge in [0.05, 0.1) is 12.0 Å². The fraction of sp³-hybridized carbons (Fsp3) is 0.650. The van der Waals surface area contributed by atoms with Crippen LogP contribution in [0.5, 0.6) is 0 Å². The lowest BCUT2D eigenvalue weighted by Gasteiger charge is -2.40. The number of rotatable bonds is 5. The summed E-state index contributed by atoms with van der Waals surface area (Å²) in [5.74, 6) is 0.867. The highest BCUT2D eigenvalue weighted by Gasteiger charge is 2.46. The molecule has 0 radical (unpaired) electrons. The number of nitrogens with zero attached hydrogens (tertiary/aromatic N) is 1. The number of carbonyl (C=O) groups is 1. The molecule has 0 bridgehead atoms. The monoisotopic (exact) mass is 366 g/mol. The third kappa shape index (κ3) is 4.36. The van der Waals surface area contributed by atoms with Gasteiger partial charge in [0.1, 0.15) is 0 Å². The summed E-state index contributed by atoms with van der Waals surface area (Å²) in [5.41, 5.74) is 1.05. The summed E-state index contributed by atoms with van der Waals surface area (Å²) in [5, 5.41) is 3.37. The fourth-order valence-corrected chi connectivity index (χ4v) is 4.39. The van der Waals surface area contributed by atoms with Gasteiger partial charge in [0.2, 0.25) is 5.91 Å². The van der Waals surface area contributed by atoms with Gasteiger partial charge in [-0.25, -0.2) is 0 Å². The minimum atomic E-state index is -0.324. The number of methoxy groups -OCH3 is 1. The Morgan fingerprint density at radius 1 is 1.28 bits per heavy atom. The summed E-state index contributed by atoms with van der Waals surface area (Å²) in [6.07, 6.45) is 3.92. The van der Waals surface area contributed by atoms with Crippen molar-refractivity contribution in [2.24, 2.45) is 11.3 Å². The summed E-state index contributed by atoms with van der Waals surface area (Å²) in [7, 11) is 1.71. The fourth-order valence-electron chi connectivity index (χ4n) is 4.39. The standard InChI is InChI=1S/C20H30N2O2.ClH/c1-16-18(14-17-6-4-3-5-7-17)8-13-22(16)19(23)20(15-24-2)9-11-21-12-10-20;/h3-7,16,18,21H,8-15H2,1-2H3;1H. The maximum Gasteiger partial charge on any atom is 0.231 e. The topological polar surface area (TPSA) is 41.6 Å². The quantitative estimate of drug-likeness (QED) is 0.871. The number of hydrogen-bond donors (Lipinski definition) is 1. The molecular formula is C20H31ClN2O2. The van der Waals surface area contributed by atoms with Crippen LogP contribution in [0.2, 0.25) is 0 Å². The SMILES string of the molecule is COCC1(C(=O)N2CCC(Cc3ccccc3)C2C)CCNCC1.Cl. The van der Waals surface area contributed by atoms with E-state index in [1.165, 1.54) is 5.56 Å². The van der Waals surface area contributed by atoms with E-state index in [2.05, 4.69) is 47.5 Å². The van der Waals surface area contributed by atoms with Crippen molar-refractivity contribution in [1.82, 2.24) is 10.2 Å². The van der Waals surface area contributed by atoms with Crippen molar-refractivity contribution in [2.45, 2.75) is 38.6 Å². The number of hydrogen-bond acceptors (Lipinski definition) is 3. The molecule has 2 atom stereocenters. The van der Waals surface area contributed by atoms with Crippen LogP contribution in [0, 0.1) is 11.3 Å². The summed E-state index contributed by atoms with van der Waals surface area (Å²) in [6.45, 7) is 5.46. The first-order valence-corrected chi connectivity index (χ1v) is 9.21. The smallest absolute Gasteiger partial charge is 0.231 e. The van der Waals surface area contributed by atoms with E-state index in [4.69, 9.17) is 4.74 Å². The summed E-state index contributed by atoms with van der Waals surface area (Å²) >= 11 is 0. The molecule has 1 aromatic carbocycles. The number of nitrogens with one attached hydrogen (secondary N) is 1. The molecular weight excluding hydrogens is 336 g/mol. The molecule has 2 heterocycles. The van der Waals surface area contributed by atoms with E-state index in [0.717, 1.165) is 45.3 Å². The number of benzene rings is 1. The Hall–Kier alpha value is -1.10. The first-order valence-electron chi connectivity index (χ1n) is 9.21. The highest BCUT2D eigenvalue weighted by atomic mass is 35.5. The molecule has 4 nitrogen and oxygen atoms in total. The average Bonchev–Trinajstić information content (AvgIpc) is 2.97. The largest absolute Gasteiger partial charge is 0.384 e. The molecule has 2 aliphatic rings. The van der Waals surface area contributed by atoms with E-state index in [-0.39, 0.29) is 17.8 Å². The highest BCUT2D eigenvalue weighted by molar-refractivity contribution is 5.85. The van der Waals surface area contributed by atoms with Crippen molar-refractivity contribution >= 4 is 18.3 Å². The molecule has 25 heavy (non-hydrogen) atoms. The van der Waals surface area contributed by atoms with Gasteiger partial charge in [0, 0.05) is 19.7 Å². The van der Waals surface area contributed by atoms with Crippen LogP contribution in [0.3, 0.4) is 0 Å². The molecule has 0 aromatic heterocycles. The summed E-state index contributed by atoms with van der Waals surface area (Å²) < 4.78 is 5.45. The highest BCUT2D eigenvalue weighted by Crippen LogP contribution is 2.36. The van der Waals surface area contributed by atoms with Crippen molar-refractivity contribution in [1.29, 1.82) is 0 Å². The van der Waals surface area contributed by atoms with Gasteiger partial charge in [-0.15, -0.1) is 12.4 Å². The number of halogens is 1. The Morgan fingerprint density at radius 3 is 2.60 bits per heavy atom. The molecule has 0 spiro atoms. The molecule has 1 amide bonds. The Bertz CT molecular complexity index is 540. The van der Waals surface area contributed by atoms with E-state index in [1.54, 1.807) is 7.11 Å². The lowest BCUT2D eigenvalue weighted by Crippen LogP contribution is -2.52. The van der Waals surface area contributed by atoms with E-state index in [0.29, 0.717) is 24.5 Å². The van der Waals surface area contributed by atoms with E-state index >= 15 is 0 Å². The minimum absolute atomic E-state index is 0. The zero-order valence-electron chi connectivity index (χ0n) is 15.4. The molecule has 2 fully saturated rings. The number of ether oxygens (including phenoxy) is 1. The van der Waals surface area contributed by atoms with Crippen LogP contribution < -0.4 is 5.32 Å².